The van der Waals surface area contributed by atoms with E-state index in [2.05, 4.69) is 0 Å². The van der Waals surface area contributed by atoms with Gasteiger partial charge in [-0.2, -0.15) is 0 Å². The largest absolute Gasteiger partial charge is 0.461 e. The third kappa shape index (κ3) is 5.85. The van der Waals surface area contributed by atoms with Crippen LogP contribution in [0.1, 0.15) is 38.2 Å². The van der Waals surface area contributed by atoms with Crippen LogP contribution in [0.2, 0.25) is 0 Å². The number of carbonyl (C=O) groups excluding carboxylic acids is 2. The molecule has 1 aromatic carbocycles. The van der Waals surface area contributed by atoms with Gasteiger partial charge in [-0.05, 0) is 12.0 Å². The van der Waals surface area contributed by atoms with Crippen molar-refractivity contribution in [2.24, 2.45) is 0 Å². The van der Waals surface area contributed by atoms with Crippen molar-refractivity contribution in [1.82, 2.24) is 0 Å². The predicted molar refractivity (Wildman–Crippen MR) is 65.4 cm³/mol. The molecule has 1 aromatic rings. The molecular formula is C14H18O3. The molecule has 0 unspecified atom stereocenters. The van der Waals surface area contributed by atoms with E-state index >= 15 is 0 Å². The molecule has 0 aliphatic rings. The Kier molecular flexibility index (Phi) is 6.00. The third-order valence-electron chi connectivity index (χ3n) is 2.47. The summed E-state index contributed by atoms with van der Waals surface area (Å²) in [5.41, 5.74) is 0.977. The van der Waals surface area contributed by atoms with Crippen molar-refractivity contribution in [3.8, 4) is 0 Å². The SMILES string of the molecule is CCC(=O)CCCC(=O)OCc1ccccc1. The van der Waals surface area contributed by atoms with Crippen molar-refractivity contribution < 1.29 is 14.3 Å². The molecule has 0 saturated heterocycles. The Morgan fingerprint density at radius 1 is 1.12 bits per heavy atom. The van der Waals surface area contributed by atoms with Gasteiger partial charge in [-0.3, -0.25) is 9.59 Å². The van der Waals surface area contributed by atoms with Crippen LogP contribution in [0.3, 0.4) is 0 Å². The zero-order valence-corrected chi connectivity index (χ0v) is 10.1. The lowest BCUT2D eigenvalue weighted by molar-refractivity contribution is -0.145. The van der Waals surface area contributed by atoms with Crippen LogP contribution in [0, 0.1) is 0 Å². The quantitative estimate of drug-likeness (QED) is 0.681. The average Bonchev–Trinajstić information content (AvgIpc) is 2.37. The molecule has 1 rings (SSSR count). The first kappa shape index (κ1) is 13.4. The smallest absolute Gasteiger partial charge is 0.306 e. The van der Waals surface area contributed by atoms with Crippen molar-refractivity contribution in [1.29, 1.82) is 0 Å². The maximum atomic E-state index is 11.4. The average molecular weight is 234 g/mol. The van der Waals surface area contributed by atoms with Crippen LogP contribution in [-0.4, -0.2) is 11.8 Å². The molecule has 0 amide bonds. The Morgan fingerprint density at radius 3 is 2.47 bits per heavy atom. The van der Waals surface area contributed by atoms with Crippen LogP contribution >= 0.6 is 0 Å². The Hall–Kier alpha value is -1.64. The molecule has 17 heavy (non-hydrogen) atoms. The predicted octanol–water partition coefficient (Wildman–Crippen LogP) is 2.88. The second-order valence-electron chi connectivity index (χ2n) is 3.89. The van der Waals surface area contributed by atoms with Crippen molar-refractivity contribution >= 4 is 11.8 Å². The van der Waals surface area contributed by atoms with Gasteiger partial charge in [-0.25, -0.2) is 0 Å². The fourth-order valence-electron chi connectivity index (χ4n) is 1.42. The van der Waals surface area contributed by atoms with Gasteiger partial charge in [0.15, 0.2) is 0 Å². The first-order valence-corrected chi connectivity index (χ1v) is 5.93. The van der Waals surface area contributed by atoms with Crippen molar-refractivity contribution in [3.05, 3.63) is 35.9 Å². The van der Waals surface area contributed by atoms with Gasteiger partial charge < -0.3 is 4.74 Å². The Labute approximate surface area is 102 Å². The topological polar surface area (TPSA) is 43.4 Å². The number of ketones is 1. The number of ether oxygens (including phenoxy) is 1. The Morgan fingerprint density at radius 2 is 1.82 bits per heavy atom. The molecule has 3 nitrogen and oxygen atoms in total. The molecule has 0 heterocycles. The van der Waals surface area contributed by atoms with E-state index in [9.17, 15) is 9.59 Å². The minimum absolute atomic E-state index is 0.195. The van der Waals surface area contributed by atoms with Gasteiger partial charge in [0, 0.05) is 19.3 Å². The van der Waals surface area contributed by atoms with Gasteiger partial charge in [-0.15, -0.1) is 0 Å². The maximum Gasteiger partial charge on any atom is 0.306 e. The number of benzene rings is 1. The molecule has 0 N–H and O–H groups in total. The van der Waals surface area contributed by atoms with Crippen LogP contribution in [0.5, 0.6) is 0 Å². The minimum atomic E-state index is -0.238. The van der Waals surface area contributed by atoms with E-state index in [4.69, 9.17) is 4.74 Å². The second kappa shape index (κ2) is 7.60. The summed E-state index contributed by atoms with van der Waals surface area (Å²) in [5, 5.41) is 0. The summed E-state index contributed by atoms with van der Waals surface area (Å²) in [4.78, 5) is 22.4. The molecule has 0 atom stereocenters. The molecule has 3 heteroatoms. The molecule has 0 radical (unpaired) electrons. The zero-order valence-electron chi connectivity index (χ0n) is 10.1. The number of hydrogen-bond donors (Lipinski definition) is 0. The number of carbonyl (C=O) groups is 2. The second-order valence-corrected chi connectivity index (χ2v) is 3.89. The molecular weight excluding hydrogens is 216 g/mol. The van der Waals surface area contributed by atoms with E-state index in [1.165, 1.54) is 0 Å². The van der Waals surface area contributed by atoms with Gasteiger partial charge in [0.25, 0.3) is 0 Å². The van der Waals surface area contributed by atoms with Crippen LogP contribution in [0.15, 0.2) is 30.3 Å². The van der Waals surface area contributed by atoms with Crippen LogP contribution in [0.25, 0.3) is 0 Å². The van der Waals surface area contributed by atoms with E-state index in [0.29, 0.717) is 32.3 Å². The normalized spacial score (nSPS) is 9.94. The highest BCUT2D eigenvalue weighted by Gasteiger charge is 2.05. The fraction of sp³-hybridized carbons (Fsp3) is 0.429. The molecule has 0 aromatic heterocycles. The Bertz CT molecular complexity index is 357. The molecule has 0 bridgehead atoms. The molecule has 0 aliphatic heterocycles. The van der Waals surface area contributed by atoms with E-state index in [1.807, 2.05) is 37.3 Å². The summed E-state index contributed by atoms with van der Waals surface area (Å²) in [6, 6.07) is 9.55. The zero-order chi connectivity index (χ0) is 12.5. The minimum Gasteiger partial charge on any atom is -0.461 e. The summed E-state index contributed by atoms with van der Waals surface area (Å²) in [7, 11) is 0. The molecule has 0 aliphatic carbocycles. The van der Waals surface area contributed by atoms with Crippen molar-refractivity contribution in [2.75, 3.05) is 0 Å². The summed E-state index contributed by atoms with van der Waals surface area (Å²) in [6.45, 7) is 2.14. The summed E-state index contributed by atoms with van der Waals surface area (Å²) in [5.74, 6) is -0.0429. The molecule has 92 valence electrons. The standard InChI is InChI=1S/C14H18O3/c1-2-13(15)9-6-10-14(16)17-11-12-7-4-3-5-8-12/h3-5,7-8H,2,6,9-11H2,1H3. The van der Waals surface area contributed by atoms with Gasteiger partial charge in [0.2, 0.25) is 0 Å². The lowest BCUT2D eigenvalue weighted by Crippen LogP contribution is -2.05. The van der Waals surface area contributed by atoms with Gasteiger partial charge in [0.05, 0.1) is 0 Å². The van der Waals surface area contributed by atoms with E-state index in [-0.39, 0.29) is 11.8 Å². The monoisotopic (exact) mass is 234 g/mol. The number of hydrogen-bond acceptors (Lipinski definition) is 3. The Balaban J connectivity index is 2.16. The lowest BCUT2D eigenvalue weighted by Gasteiger charge is -2.04. The van der Waals surface area contributed by atoms with Crippen LogP contribution in [-0.2, 0) is 20.9 Å². The van der Waals surface area contributed by atoms with Gasteiger partial charge in [-0.1, -0.05) is 37.3 Å². The van der Waals surface area contributed by atoms with Gasteiger partial charge >= 0.3 is 5.97 Å². The van der Waals surface area contributed by atoms with Crippen LogP contribution in [0.4, 0.5) is 0 Å². The van der Waals surface area contributed by atoms with E-state index in [1.54, 1.807) is 0 Å². The molecule has 0 saturated carbocycles. The lowest BCUT2D eigenvalue weighted by atomic mass is 10.1. The van der Waals surface area contributed by atoms with E-state index in [0.717, 1.165) is 5.56 Å². The van der Waals surface area contributed by atoms with Crippen molar-refractivity contribution in [3.63, 3.8) is 0 Å². The van der Waals surface area contributed by atoms with Crippen molar-refractivity contribution in [2.45, 2.75) is 39.2 Å². The summed E-state index contributed by atoms with van der Waals surface area (Å²) in [6.07, 6.45) is 1.91. The van der Waals surface area contributed by atoms with Crippen LogP contribution < -0.4 is 0 Å². The molecule has 0 spiro atoms. The molecule has 0 fully saturated rings. The maximum absolute atomic E-state index is 11.4. The first-order valence-electron chi connectivity index (χ1n) is 5.93. The highest BCUT2D eigenvalue weighted by Crippen LogP contribution is 2.04. The highest BCUT2D eigenvalue weighted by molar-refractivity contribution is 5.78. The summed E-state index contributed by atoms with van der Waals surface area (Å²) >= 11 is 0. The number of rotatable bonds is 7. The number of esters is 1. The first-order chi connectivity index (χ1) is 8.22. The highest BCUT2D eigenvalue weighted by atomic mass is 16.5. The van der Waals surface area contributed by atoms with E-state index < -0.39 is 0 Å². The van der Waals surface area contributed by atoms with Gasteiger partial charge in [0.1, 0.15) is 12.4 Å². The fourth-order valence-corrected chi connectivity index (χ4v) is 1.42. The third-order valence-corrected chi connectivity index (χ3v) is 2.47. The summed E-state index contributed by atoms with van der Waals surface area (Å²) < 4.78 is 5.09. The number of Topliss-reactive ketones (excluding diaryl/α,β-unsaturated/α-hetero) is 1.